The lowest BCUT2D eigenvalue weighted by atomic mass is 10.0. The van der Waals surface area contributed by atoms with Crippen LogP contribution in [0.25, 0.3) is 22.3 Å². The van der Waals surface area contributed by atoms with Crippen molar-refractivity contribution in [3.63, 3.8) is 0 Å². The van der Waals surface area contributed by atoms with Gasteiger partial charge in [0.15, 0.2) is 11.0 Å². The van der Waals surface area contributed by atoms with Gasteiger partial charge in [-0.15, -0.1) is 0 Å². The van der Waals surface area contributed by atoms with E-state index in [9.17, 15) is 0 Å². The highest BCUT2D eigenvalue weighted by Gasteiger charge is 2.17. The number of aromatic nitrogens is 4. The Hall–Kier alpha value is -3.58. The summed E-state index contributed by atoms with van der Waals surface area (Å²) in [5.74, 6) is 2.34. The fourth-order valence-corrected chi connectivity index (χ4v) is 4.69. The van der Waals surface area contributed by atoms with Crippen LogP contribution in [-0.4, -0.2) is 33.7 Å². The van der Waals surface area contributed by atoms with Gasteiger partial charge in [-0.3, -0.25) is 0 Å². The minimum atomic E-state index is 0.651. The monoisotopic (exact) mass is 442 g/mol. The second-order valence-electron chi connectivity index (χ2n) is 7.31. The maximum absolute atomic E-state index is 5.49. The first-order valence-electron chi connectivity index (χ1n) is 10.3. The van der Waals surface area contributed by atoms with Crippen LogP contribution in [0.3, 0.4) is 0 Å². The first kappa shape index (κ1) is 20.3. The molecule has 5 rings (SSSR count). The molecule has 0 bridgehead atoms. The van der Waals surface area contributed by atoms with E-state index in [0.717, 1.165) is 40.9 Å². The quantitative estimate of drug-likeness (QED) is 0.339. The zero-order valence-electron chi connectivity index (χ0n) is 17.9. The number of ether oxygens (including phenoxy) is 2. The Balaban J connectivity index is 1.42. The maximum Gasteiger partial charge on any atom is 0.195 e. The van der Waals surface area contributed by atoms with Crippen molar-refractivity contribution in [1.29, 1.82) is 0 Å². The fourth-order valence-electron chi connectivity index (χ4n) is 3.79. The minimum absolute atomic E-state index is 0.651. The molecule has 0 fully saturated rings. The Kier molecular flexibility index (Phi) is 5.64. The molecule has 2 heterocycles. The van der Waals surface area contributed by atoms with E-state index in [1.807, 2.05) is 24.5 Å². The van der Waals surface area contributed by atoms with Crippen molar-refractivity contribution in [1.82, 2.24) is 19.5 Å². The van der Waals surface area contributed by atoms with Crippen LogP contribution in [0.4, 0.5) is 0 Å². The Morgan fingerprint density at radius 1 is 0.938 bits per heavy atom. The van der Waals surface area contributed by atoms with E-state index in [-0.39, 0.29) is 0 Å². The number of hydrogen-bond donors (Lipinski definition) is 0. The topological polar surface area (TPSA) is 62.1 Å². The molecular formula is C25H22N4O2S. The molecule has 3 aromatic rings. The normalized spacial score (nSPS) is 11.2. The van der Waals surface area contributed by atoms with Crippen molar-refractivity contribution < 1.29 is 9.47 Å². The number of benzene rings is 3. The number of fused-ring (bicyclic) bond motifs is 2. The molecule has 0 saturated heterocycles. The number of imidazole rings is 1. The molecule has 0 saturated carbocycles. The highest BCUT2D eigenvalue weighted by atomic mass is 32.2. The van der Waals surface area contributed by atoms with Crippen molar-refractivity contribution in [2.75, 3.05) is 14.2 Å². The maximum atomic E-state index is 5.49. The zero-order chi connectivity index (χ0) is 21.9. The third kappa shape index (κ3) is 3.99. The van der Waals surface area contributed by atoms with Crippen LogP contribution < -0.4 is 9.47 Å². The van der Waals surface area contributed by atoms with E-state index in [2.05, 4.69) is 57.0 Å². The van der Waals surface area contributed by atoms with Gasteiger partial charge in [0, 0.05) is 6.54 Å². The number of methoxy groups -OCH3 is 2. The first-order valence-corrected chi connectivity index (χ1v) is 11.1. The Morgan fingerprint density at radius 2 is 1.81 bits per heavy atom. The average Bonchev–Trinajstić information content (AvgIpc) is 3.25. The van der Waals surface area contributed by atoms with E-state index >= 15 is 0 Å². The number of aryl methyl sites for hydroxylation is 2. The molecule has 0 atom stereocenters. The SMILES string of the molecule is COc1ccc(OC)c(Sc2nc3cncn(CCc4cccc5ccccc45)c-3n2)c1. The van der Waals surface area contributed by atoms with Crippen LogP contribution in [0.5, 0.6) is 11.5 Å². The molecule has 3 aromatic carbocycles. The summed E-state index contributed by atoms with van der Waals surface area (Å²) < 4.78 is 12.9. The Bertz CT molecular complexity index is 1350. The molecule has 0 spiro atoms. The van der Waals surface area contributed by atoms with Crippen LogP contribution in [0.1, 0.15) is 5.56 Å². The van der Waals surface area contributed by atoms with Crippen molar-refractivity contribution in [2.45, 2.75) is 23.0 Å². The molecular weight excluding hydrogens is 420 g/mol. The van der Waals surface area contributed by atoms with Gasteiger partial charge >= 0.3 is 0 Å². The number of nitrogens with zero attached hydrogens (tertiary/aromatic N) is 4. The lowest BCUT2D eigenvalue weighted by Crippen LogP contribution is -2.07. The van der Waals surface area contributed by atoms with Crippen LogP contribution in [0, 0.1) is 0 Å². The van der Waals surface area contributed by atoms with E-state index in [1.54, 1.807) is 20.4 Å². The van der Waals surface area contributed by atoms with Crippen LogP contribution in [-0.2, 0) is 13.0 Å². The third-order valence-corrected chi connectivity index (χ3v) is 6.30. The lowest BCUT2D eigenvalue weighted by Gasteiger charge is -2.11. The van der Waals surface area contributed by atoms with E-state index in [1.165, 1.54) is 28.1 Å². The average molecular weight is 443 g/mol. The van der Waals surface area contributed by atoms with Crippen molar-refractivity contribution in [3.8, 4) is 23.0 Å². The van der Waals surface area contributed by atoms with Gasteiger partial charge in [0.05, 0.1) is 31.6 Å². The number of rotatable bonds is 7. The van der Waals surface area contributed by atoms with Gasteiger partial charge in [0.1, 0.15) is 17.2 Å². The van der Waals surface area contributed by atoms with Gasteiger partial charge in [-0.25, -0.2) is 15.0 Å². The molecule has 0 radical (unpaired) electrons. The Morgan fingerprint density at radius 3 is 2.69 bits per heavy atom. The smallest absolute Gasteiger partial charge is 0.195 e. The molecule has 160 valence electrons. The molecule has 6 nitrogen and oxygen atoms in total. The molecule has 32 heavy (non-hydrogen) atoms. The largest absolute Gasteiger partial charge is 0.497 e. The molecule has 0 N–H and O–H groups in total. The summed E-state index contributed by atoms with van der Waals surface area (Å²) in [4.78, 5) is 14.7. The molecule has 2 aliphatic heterocycles. The van der Waals surface area contributed by atoms with Gasteiger partial charge in [-0.1, -0.05) is 42.5 Å². The minimum Gasteiger partial charge on any atom is -0.497 e. The van der Waals surface area contributed by atoms with Crippen LogP contribution in [0.2, 0.25) is 0 Å². The number of hydrogen-bond acceptors (Lipinski definition) is 6. The Labute approximate surface area is 190 Å². The summed E-state index contributed by atoms with van der Waals surface area (Å²) >= 11 is 1.45. The molecule has 7 heteroatoms. The van der Waals surface area contributed by atoms with Gasteiger partial charge in [-0.2, -0.15) is 0 Å². The molecule has 0 aromatic heterocycles. The van der Waals surface area contributed by atoms with Crippen LogP contribution in [0.15, 0.2) is 83.2 Å². The summed E-state index contributed by atoms with van der Waals surface area (Å²) in [6, 6.07) is 20.6. The second-order valence-corrected chi connectivity index (χ2v) is 8.32. The first-order chi connectivity index (χ1) is 15.7. The van der Waals surface area contributed by atoms with Crippen molar-refractivity contribution in [3.05, 3.63) is 78.8 Å². The van der Waals surface area contributed by atoms with Gasteiger partial charge < -0.3 is 14.0 Å². The van der Waals surface area contributed by atoms with Gasteiger partial charge in [-0.05, 0) is 52.7 Å². The standard InChI is InChI=1S/C25H22N4O2S/c1-30-19-10-11-22(31-2)23(14-19)32-25-27-21-15-26-16-29(24(21)28-25)13-12-18-8-5-7-17-6-3-4-9-20(17)18/h3-11,14-16H,12-13H2,1-2H3. The van der Waals surface area contributed by atoms with E-state index < -0.39 is 0 Å². The second kappa shape index (κ2) is 8.88. The van der Waals surface area contributed by atoms with Crippen LogP contribution >= 0.6 is 11.8 Å². The zero-order valence-corrected chi connectivity index (χ0v) is 18.7. The van der Waals surface area contributed by atoms with Crippen molar-refractivity contribution >= 4 is 22.5 Å². The highest BCUT2D eigenvalue weighted by molar-refractivity contribution is 7.99. The predicted octanol–water partition coefficient (Wildman–Crippen LogP) is 5.34. The molecule has 0 unspecified atom stereocenters. The summed E-state index contributed by atoms with van der Waals surface area (Å²) in [5.41, 5.74) is 2.08. The predicted molar refractivity (Wildman–Crippen MR) is 126 cm³/mol. The molecule has 0 aliphatic carbocycles. The summed E-state index contributed by atoms with van der Waals surface area (Å²) in [5, 5.41) is 3.19. The summed E-state index contributed by atoms with van der Waals surface area (Å²) in [6.07, 6.45) is 4.46. The van der Waals surface area contributed by atoms with E-state index in [0.29, 0.717) is 5.16 Å². The third-order valence-electron chi connectivity index (χ3n) is 5.40. The summed E-state index contributed by atoms with van der Waals surface area (Å²) in [6.45, 7) is 0.767. The van der Waals surface area contributed by atoms with Gasteiger partial charge in [0.2, 0.25) is 0 Å². The lowest BCUT2D eigenvalue weighted by molar-refractivity contribution is 0.394. The fraction of sp³-hybridized carbons (Fsp3) is 0.160. The summed E-state index contributed by atoms with van der Waals surface area (Å²) in [7, 11) is 3.30. The molecule has 2 aliphatic rings. The highest BCUT2D eigenvalue weighted by Crippen LogP contribution is 2.37. The molecule has 0 amide bonds. The van der Waals surface area contributed by atoms with Crippen molar-refractivity contribution in [2.24, 2.45) is 0 Å². The van der Waals surface area contributed by atoms with E-state index in [4.69, 9.17) is 14.5 Å². The van der Waals surface area contributed by atoms with Gasteiger partial charge in [0.25, 0.3) is 0 Å².